The second kappa shape index (κ2) is 7.63. The van der Waals surface area contributed by atoms with E-state index in [-0.39, 0.29) is 0 Å². The second-order valence-electron chi connectivity index (χ2n) is 4.31. The van der Waals surface area contributed by atoms with E-state index in [9.17, 15) is 4.79 Å². The zero-order valence-electron chi connectivity index (χ0n) is 11.7. The number of hydrogen-bond donors (Lipinski definition) is 2. The van der Waals surface area contributed by atoms with Crippen LogP contribution in [0.1, 0.15) is 25.8 Å². The lowest BCUT2D eigenvalue weighted by molar-refractivity contribution is -0.124. The summed E-state index contributed by atoms with van der Waals surface area (Å²) >= 11 is 0. The van der Waals surface area contributed by atoms with E-state index in [0.717, 1.165) is 17.7 Å². The summed E-state index contributed by atoms with van der Waals surface area (Å²) in [7, 11) is 1.85. The number of nitrogens with two attached hydrogens (primary N) is 1. The van der Waals surface area contributed by atoms with Gasteiger partial charge < -0.3 is 20.5 Å². The van der Waals surface area contributed by atoms with Crippen molar-refractivity contribution in [3.8, 4) is 11.5 Å². The molecule has 0 saturated heterocycles. The zero-order chi connectivity index (χ0) is 14.3. The Morgan fingerprint density at radius 1 is 1.47 bits per heavy atom. The average molecular weight is 266 g/mol. The van der Waals surface area contributed by atoms with Crippen LogP contribution in [0, 0.1) is 0 Å². The Hall–Kier alpha value is -1.75. The maximum Gasteiger partial charge on any atom is 0.258 e. The van der Waals surface area contributed by atoms with E-state index in [1.54, 1.807) is 13.0 Å². The molecule has 0 aromatic heterocycles. The van der Waals surface area contributed by atoms with Gasteiger partial charge in [0.15, 0.2) is 6.10 Å². The summed E-state index contributed by atoms with van der Waals surface area (Å²) in [6.45, 7) is 4.97. The fourth-order valence-corrected chi connectivity index (χ4v) is 1.54. The summed E-state index contributed by atoms with van der Waals surface area (Å²) in [6.07, 6.45) is 0.267. The van der Waals surface area contributed by atoms with Crippen LogP contribution in [0.5, 0.6) is 11.5 Å². The first kappa shape index (κ1) is 15.3. The fraction of sp³-hybridized carbons (Fsp3) is 0.500. The molecule has 0 aliphatic carbocycles. The lowest BCUT2D eigenvalue weighted by Crippen LogP contribution is -2.31. The quantitative estimate of drug-likeness (QED) is 0.747. The molecule has 1 atom stereocenters. The highest BCUT2D eigenvalue weighted by atomic mass is 16.5. The Balaban J connectivity index is 2.90. The van der Waals surface area contributed by atoms with E-state index in [0.29, 0.717) is 18.9 Å². The molecule has 0 fully saturated rings. The number of benzene rings is 1. The van der Waals surface area contributed by atoms with Crippen LogP contribution in [0.15, 0.2) is 18.2 Å². The van der Waals surface area contributed by atoms with E-state index in [4.69, 9.17) is 15.2 Å². The smallest absolute Gasteiger partial charge is 0.258 e. The monoisotopic (exact) mass is 266 g/mol. The molecule has 19 heavy (non-hydrogen) atoms. The van der Waals surface area contributed by atoms with Crippen molar-refractivity contribution in [2.24, 2.45) is 5.73 Å². The molecule has 0 saturated carbocycles. The summed E-state index contributed by atoms with van der Waals surface area (Å²) in [6, 6.07) is 5.61. The Morgan fingerprint density at radius 2 is 2.21 bits per heavy atom. The van der Waals surface area contributed by atoms with Gasteiger partial charge >= 0.3 is 0 Å². The standard InChI is InChI=1S/C14H22N2O3/c1-4-7-18-12-6-5-11(9-16-3)13(8-12)19-10(2)14(15)17/h5-6,8,10,16H,4,7,9H2,1-3H3,(H2,15,17). The highest BCUT2D eigenvalue weighted by Crippen LogP contribution is 2.26. The maximum absolute atomic E-state index is 11.1. The minimum absolute atomic E-state index is 0.490. The first-order chi connectivity index (χ1) is 9.08. The number of nitrogens with one attached hydrogen (secondary N) is 1. The van der Waals surface area contributed by atoms with Gasteiger partial charge in [0.25, 0.3) is 5.91 Å². The molecule has 3 N–H and O–H groups in total. The largest absolute Gasteiger partial charge is 0.493 e. The van der Waals surface area contributed by atoms with Crippen LogP contribution in [0.25, 0.3) is 0 Å². The first-order valence-electron chi connectivity index (χ1n) is 6.44. The molecule has 5 nitrogen and oxygen atoms in total. The third kappa shape index (κ3) is 4.79. The summed E-state index contributed by atoms with van der Waals surface area (Å²) in [5.41, 5.74) is 6.17. The van der Waals surface area contributed by atoms with Gasteiger partial charge in [-0.2, -0.15) is 0 Å². The van der Waals surface area contributed by atoms with E-state index in [1.165, 1.54) is 0 Å². The van der Waals surface area contributed by atoms with Crippen LogP contribution in [0.2, 0.25) is 0 Å². The average Bonchev–Trinajstić information content (AvgIpc) is 2.39. The van der Waals surface area contributed by atoms with Crippen molar-refractivity contribution < 1.29 is 14.3 Å². The van der Waals surface area contributed by atoms with Crippen LogP contribution < -0.4 is 20.5 Å². The number of amides is 1. The molecule has 1 unspecified atom stereocenters. The van der Waals surface area contributed by atoms with Crippen LogP contribution in [-0.2, 0) is 11.3 Å². The van der Waals surface area contributed by atoms with Crippen molar-refractivity contribution in [3.05, 3.63) is 23.8 Å². The molecular weight excluding hydrogens is 244 g/mol. The minimum atomic E-state index is -0.669. The third-order valence-corrected chi connectivity index (χ3v) is 2.58. The van der Waals surface area contributed by atoms with Crippen molar-refractivity contribution in [1.82, 2.24) is 5.32 Å². The van der Waals surface area contributed by atoms with Crippen molar-refractivity contribution in [2.45, 2.75) is 32.9 Å². The van der Waals surface area contributed by atoms with Gasteiger partial charge in [-0.15, -0.1) is 0 Å². The maximum atomic E-state index is 11.1. The summed E-state index contributed by atoms with van der Waals surface area (Å²) in [5, 5.41) is 3.05. The predicted octanol–water partition coefficient (Wildman–Crippen LogP) is 1.45. The molecule has 0 aliphatic rings. The Labute approximate surface area is 114 Å². The van der Waals surface area contributed by atoms with Crippen LogP contribution >= 0.6 is 0 Å². The molecule has 1 aromatic carbocycles. The van der Waals surface area contributed by atoms with Gasteiger partial charge in [0.05, 0.1) is 6.61 Å². The Kier molecular flexibility index (Phi) is 6.15. The van der Waals surface area contributed by atoms with Crippen molar-refractivity contribution in [2.75, 3.05) is 13.7 Å². The molecule has 0 spiro atoms. The van der Waals surface area contributed by atoms with E-state index in [1.807, 2.05) is 26.1 Å². The topological polar surface area (TPSA) is 73.6 Å². The van der Waals surface area contributed by atoms with Crippen molar-refractivity contribution in [3.63, 3.8) is 0 Å². The SMILES string of the molecule is CCCOc1ccc(CNC)c(OC(C)C(N)=O)c1. The number of hydrogen-bond acceptors (Lipinski definition) is 4. The Bertz CT molecular complexity index is 421. The molecular formula is C14H22N2O3. The van der Waals surface area contributed by atoms with E-state index >= 15 is 0 Å². The number of primary amides is 1. The fourth-order valence-electron chi connectivity index (χ4n) is 1.54. The predicted molar refractivity (Wildman–Crippen MR) is 74.3 cm³/mol. The third-order valence-electron chi connectivity index (χ3n) is 2.58. The Morgan fingerprint density at radius 3 is 2.79 bits per heavy atom. The van der Waals surface area contributed by atoms with Gasteiger partial charge in [0.1, 0.15) is 11.5 Å². The zero-order valence-corrected chi connectivity index (χ0v) is 11.7. The van der Waals surface area contributed by atoms with Crippen molar-refractivity contribution in [1.29, 1.82) is 0 Å². The lowest BCUT2D eigenvalue weighted by atomic mass is 10.2. The highest BCUT2D eigenvalue weighted by Gasteiger charge is 2.13. The first-order valence-corrected chi connectivity index (χ1v) is 6.44. The van der Waals surface area contributed by atoms with E-state index in [2.05, 4.69) is 5.32 Å². The number of ether oxygens (including phenoxy) is 2. The lowest BCUT2D eigenvalue weighted by Gasteiger charge is -2.16. The van der Waals surface area contributed by atoms with E-state index < -0.39 is 12.0 Å². The van der Waals surface area contributed by atoms with Gasteiger partial charge in [-0.25, -0.2) is 0 Å². The molecule has 106 valence electrons. The second-order valence-corrected chi connectivity index (χ2v) is 4.31. The van der Waals surface area contributed by atoms with Crippen LogP contribution in [0.4, 0.5) is 0 Å². The molecule has 5 heteroatoms. The van der Waals surface area contributed by atoms with Gasteiger partial charge in [0.2, 0.25) is 0 Å². The van der Waals surface area contributed by atoms with Crippen LogP contribution in [-0.4, -0.2) is 25.7 Å². The van der Waals surface area contributed by atoms with Gasteiger partial charge in [-0.3, -0.25) is 4.79 Å². The summed E-state index contributed by atoms with van der Waals surface area (Å²) < 4.78 is 11.1. The number of carbonyl (C=O) groups is 1. The highest BCUT2D eigenvalue weighted by molar-refractivity contribution is 5.78. The van der Waals surface area contributed by atoms with Crippen LogP contribution in [0.3, 0.4) is 0 Å². The molecule has 0 aliphatic heterocycles. The molecule has 1 amide bonds. The van der Waals surface area contributed by atoms with Crippen molar-refractivity contribution >= 4 is 5.91 Å². The summed E-state index contributed by atoms with van der Waals surface area (Å²) in [4.78, 5) is 11.1. The van der Waals surface area contributed by atoms with Gasteiger partial charge in [-0.05, 0) is 26.5 Å². The summed E-state index contributed by atoms with van der Waals surface area (Å²) in [5.74, 6) is 0.859. The molecule has 1 rings (SSSR count). The molecule has 0 radical (unpaired) electrons. The van der Waals surface area contributed by atoms with Gasteiger partial charge in [0, 0.05) is 18.2 Å². The normalized spacial score (nSPS) is 11.9. The molecule has 0 heterocycles. The number of rotatable bonds is 8. The molecule has 0 bridgehead atoms. The number of carbonyl (C=O) groups excluding carboxylic acids is 1. The van der Waals surface area contributed by atoms with Gasteiger partial charge in [-0.1, -0.05) is 13.0 Å². The molecule has 1 aromatic rings. The minimum Gasteiger partial charge on any atom is -0.493 e.